The van der Waals surface area contributed by atoms with E-state index in [2.05, 4.69) is 19.2 Å². The van der Waals surface area contributed by atoms with E-state index in [1.54, 1.807) is 56.9 Å². The van der Waals surface area contributed by atoms with E-state index >= 15 is 0 Å². The van der Waals surface area contributed by atoms with Crippen molar-refractivity contribution in [3.05, 3.63) is 70.8 Å². The molecule has 328 valence electrons. The van der Waals surface area contributed by atoms with E-state index in [4.69, 9.17) is 47.4 Å². The number of carbonyl (C=O) groups excluding carboxylic acids is 2. The van der Waals surface area contributed by atoms with Crippen LogP contribution in [-0.2, 0) is 38.4 Å². The highest BCUT2D eigenvalue weighted by Gasteiger charge is 2.40. The summed E-state index contributed by atoms with van der Waals surface area (Å²) in [5.41, 5.74) is 4.50. The summed E-state index contributed by atoms with van der Waals surface area (Å²) in [7, 11) is 15.2. The molecule has 0 spiro atoms. The number of nitrogens with zero attached hydrogens (tertiary/aromatic N) is 2. The van der Waals surface area contributed by atoms with Crippen LogP contribution in [0.2, 0.25) is 0 Å². The topological polar surface area (TPSA) is 126 Å². The molecule has 0 aromatic heterocycles. The quantitative estimate of drug-likeness (QED) is 0.0490. The average molecular weight is 837 g/mol. The molecule has 0 bridgehead atoms. The zero-order valence-corrected chi connectivity index (χ0v) is 36.9. The minimum atomic E-state index is -0.587. The van der Waals surface area contributed by atoms with Crippen LogP contribution in [0.15, 0.2) is 48.6 Å². The monoisotopic (exact) mass is 836 g/mol. The number of fused-ring (bicyclic) bond motifs is 1. The molecule has 2 aliphatic rings. The molecule has 3 aromatic carbocycles. The van der Waals surface area contributed by atoms with Gasteiger partial charge in [0.2, 0.25) is 11.5 Å². The van der Waals surface area contributed by atoms with E-state index in [9.17, 15) is 9.59 Å². The SMILES string of the molecule is COc1cc2c(cc1OC)C(Cc1cc(OC)c(OC)c(OC)c1)[N+](C)(CCCOC(=O)C=CC(=O)OCCC[N+]1(Cc3cc(OC)c(OC)c(OC)c3)CCCC1)CC2. The van der Waals surface area contributed by atoms with E-state index < -0.39 is 11.9 Å². The van der Waals surface area contributed by atoms with Gasteiger partial charge in [0.15, 0.2) is 34.5 Å². The highest BCUT2D eigenvalue weighted by molar-refractivity contribution is 5.91. The Balaban J connectivity index is 1.15. The maximum atomic E-state index is 12.7. The van der Waals surface area contributed by atoms with Crippen LogP contribution in [-0.4, -0.2) is 131 Å². The third-order valence-electron chi connectivity index (χ3n) is 12.0. The summed E-state index contributed by atoms with van der Waals surface area (Å²) in [5, 5.41) is 0. The van der Waals surface area contributed by atoms with E-state index in [0.29, 0.717) is 69.7 Å². The number of benzene rings is 3. The summed E-state index contributed by atoms with van der Waals surface area (Å²) in [6.07, 6.45) is 7.39. The Bertz CT molecular complexity index is 1910. The van der Waals surface area contributed by atoms with Crippen molar-refractivity contribution >= 4 is 11.9 Å². The lowest BCUT2D eigenvalue weighted by Gasteiger charge is -2.46. The van der Waals surface area contributed by atoms with Crippen molar-refractivity contribution in [2.45, 2.75) is 51.1 Å². The summed E-state index contributed by atoms with van der Waals surface area (Å²) < 4.78 is 57.6. The summed E-state index contributed by atoms with van der Waals surface area (Å²) in [6, 6.07) is 12.2. The number of likely N-dealkylation sites (tertiary alicyclic amines) is 1. The number of carbonyl (C=O) groups is 2. The van der Waals surface area contributed by atoms with Crippen LogP contribution in [0, 0.1) is 0 Å². The molecule has 2 heterocycles. The van der Waals surface area contributed by atoms with Crippen LogP contribution < -0.4 is 37.9 Å². The number of methoxy groups -OCH3 is 8. The van der Waals surface area contributed by atoms with Crippen LogP contribution in [0.3, 0.4) is 0 Å². The largest absolute Gasteiger partial charge is 0.493 e. The molecule has 14 nitrogen and oxygen atoms in total. The van der Waals surface area contributed by atoms with Gasteiger partial charge in [-0.05, 0) is 47.5 Å². The van der Waals surface area contributed by atoms with E-state index in [0.717, 1.165) is 86.3 Å². The maximum Gasteiger partial charge on any atom is 0.331 e. The normalized spacial score (nSPS) is 18.0. The summed E-state index contributed by atoms with van der Waals surface area (Å²) >= 11 is 0. The van der Waals surface area contributed by atoms with Gasteiger partial charge in [-0.1, -0.05) is 0 Å². The molecule has 3 aromatic rings. The molecule has 1 fully saturated rings. The van der Waals surface area contributed by atoms with Crippen LogP contribution >= 0.6 is 0 Å². The van der Waals surface area contributed by atoms with Crippen LogP contribution in [0.1, 0.15) is 54.0 Å². The highest BCUT2D eigenvalue weighted by atomic mass is 16.5. The standard InChI is InChI=1S/C46H64N2O12/c1-47(21-16-34-29-37(51-2)38(52-3)30-35(34)36(47)24-32-25-39(53-4)45(57-8)40(26-32)54-5)17-12-22-59-43(49)14-15-44(50)60-23-13-20-48(18-10-11-19-48)31-33-27-41(55-6)46(58-9)42(28-33)56-7/h14-15,25-30,36H,10-13,16-24,31H2,1-9H3/q+2. The molecule has 0 saturated carbocycles. The van der Waals surface area contributed by atoms with Crippen LogP contribution in [0.25, 0.3) is 0 Å². The van der Waals surface area contributed by atoms with Gasteiger partial charge >= 0.3 is 11.9 Å². The van der Waals surface area contributed by atoms with Crippen molar-refractivity contribution in [3.63, 3.8) is 0 Å². The molecule has 0 amide bonds. The minimum absolute atomic E-state index is 0.0264. The van der Waals surface area contributed by atoms with Crippen molar-refractivity contribution in [3.8, 4) is 46.0 Å². The first kappa shape index (κ1) is 45.7. The Morgan fingerprint density at radius 1 is 0.583 bits per heavy atom. The summed E-state index contributed by atoms with van der Waals surface area (Å²) in [4.78, 5) is 25.3. The van der Waals surface area contributed by atoms with Gasteiger partial charge in [0.05, 0.1) is 110 Å². The Labute approximate surface area is 354 Å². The Hall–Kier alpha value is -5.34. The third kappa shape index (κ3) is 10.9. The molecule has 0 N–H and O–H groups in total. The molecule has 0 aliphatic carbocycles. The van der Waals surface area contributed by atoms with Gasteiger partial charge in [-0.15, -0.1) is 0 Å². The number of rotatable bonds is 22. The van der Waals surface area contributed by atoms with E-state index in [-0.39, 0.29) is 19.3 Å². The predicted octanol–water partition coefficient (Wildman–Crippen LogP) is 6.28. The molecular formula is C46H64N2O12+2. The minimum Gasteiger partial charge on any atom is -0.493 e. The molecule has 60 heavy (non-hydrogen) atoms. The fraction of sp³-hybridized carbons (Fsp3) is 0.522. The van der Waals surface area contributed by atoms with Crippen LogP contribution in [0.5, 0.6) is 46.0 Å². The third-order valence-corrected chi connectivity index (χ3v) is 12.0. The van der Waals surface area contributed by atoms with Gasteiger partial charge in [0, 0.05) is 61.8 Å². The molecule has 5 rings (SSSR count). The Morgan fingerprint density at radius 2 is 1.05 bits per heavy atom. The van der Waals surface area contributed by atoms with Gasteiger partial charge in [0.1, 0.15) is 12.6 Å². The Kier molecular flexibility index (Phi) is 16.2. The van der Waals surface area contributed by atoms with Gasteiger partial charge in [-0.2, -0.15) is 0 Å². The maximum absolute atomic E-state index is 12.7. The van der Waals surface area contributed by atoms with Crippen molar-refractivity contribution in [1.29, 1.82) is 0 Å². The first-order chi connectivity index (χ1) is 29.0. The molecular weight excluding hydrogens is 773 g/mol. The second-order valence-corrected chi connectivity index (χ2v) is 15.6. The second kappa shape index (κ2) is 21.3. The number of hydrogen-bond acceptors (Lipinski definition) is 12. The first-order valence-corrected chi connectivity index (χ1v) is 20.5. The lowest BCUT2D eigenvalue weighted by Crippen LogP contribution is -2.52. The second-order valence-electron chi connectivity index (χ2n) is 15.6. The first-order valence-electron chi connectivity index (χ1n) is 20.5. The van der Waals surface area contributed by atoms with E-state index in [1.807, 2.05) is 24.3 Å². The summed E-state index contributed by atoms with van der Waals surface area (Å²) in [5.74, 6) is 3.77. The van der Waals surface area contributed by atoms with Gasteiger partial charge in [-0.3, -0.25) is 0 Å². The van der Waals surface area contributed by atoms with Gasteiger partial charge < -0.3 is 56.3 Å². The van der Waals surface area contributed by atoms with Crippen molar-refractivity contribution in [2.75, 3.05) is 110 Å². The molecule has 1 saturated heterocycles. The van der Waals surface area contributed by atoms with Crippen molar-refractivity contribution in [2.24, 2.45) is 0 Å². The number of ether oxygens (including phenoxy) is 10. The van der Waals surface area contributed by atoms with Gasteiger partial charge in [0.25, 0.3) is 0 Å². The fourth-order valence-corrected chi connectivity index (χ4v) is 8.89. The number of likely N-dealkylation sites (N-methyl/N-ethyl adjacent to an activating group) is 1. The van der Waals surface area contributed by atoms with Crippen molar-refractivity contribution < 1.29 is 65.9 Å². The van der Waals surface area contributed by atoms with Gasteiger partial charge in [-0.25, -0.2) is 9.59 Å². The lowest BCUT2D eigenvalue weighted by molar-refractivity contribution is -0.941. The zero-order valence-electron chi connectivity index (χ0n) is 36.9. The smallest absolute Gasteiger partial charge is 0.331 e. The average Bonchev–Trinajstić information content (AvgIpc) is 3.73. The number of hydrogen-bond donors (Lipinski definition) is 0. The molecule has 14 heteroatoms. The molecule has 0 radical (unpaired) electrons. The van der Waals surface area contributed by atoms with E-state index in [1.165, 1.54) is 11.1 Å². The Morgan fingerprint density at radius 3 is 1.53 bits per heavy atom. The molecule has 2 atom stereocenters. The molecule has 2 unspecified atom stereocenters. The number of esters is 2. The predicted molar refractivity (Wildman–Crippen MR) is 226 cm³/mol. The highest BCUT2D eigenvalue weighted by Crippen LogP contribution is 2.45. The zero-order chi connectivity index (χ0) is 43.3. The fourth-order valence-electron chi connectivity index (χ4n) is 8.89. The number of quaternary nitrogens is 2. The summed E-state index contributed by atoms with van der Waals surface area (Å²) in [6.45, 7) is 5.79. The molecule has 2 aliphatic heterocycles. The van der Waals surface area contributed by atoms with Crippen LogP contribution in [0.4, 0.5) is 0 Å². The van der Waals surface area contributed by atoms with Crippen molar-refractivity contribution in [1.82, 2.24) is 0 Å². The lowest BCUT2D eigenvalue weighted by atomic mass is 9.86.